The zero-order valence-electron chi connectivity index (χ0n) is 12.7. The van der Waals surface area contributed by atoms with Crippen molar-refractivity contribution < 1.29 is 4.79 Å². The highest BCUT2D eigenvalue weighted by molar-refractivity contribution is 7.08. The fourth-order valence-corrected chi connectivity index (χ4v) is 3.79. The number of nitrogens with zero attached hydrogens (tertiary/aromatic N) is 3. The second-order valence-corrected chi connectivity index (χ2v) is 7.36. The van der Waals surface area contributed by atoms with Crippen LogP contribution < -0.4 is 5.73 Å². The number of hydrogen-bond donors (Lipinski definition) is 1. The quantitative estimate of drug-likeness (QED) is 0.926. The lowest BCUT2D eigenvalue weighted by Crippen LogP contribution is -2.41. The lowest BCUT2D eigenvalue weighted by Gasteiger charge is -2.29. The summed E-state index contributed by atoms with van der Waals surface area (Å²) in [6.45, 7) is 6.81. The third-order valence-electron chi connectivity index (χ3n) is 4.13. The Morgan fingerprint density at radius 1 is 1.45 bits per heavy atom. The van der Waals surface area contributed by atoms with Gasteiger partial charge in [0, 0.05) is 18.5 Å². The van der Waals surface area contributed by atoms with Crippen LogP contribution in [-0.2, 0) is 5.41 Å². The molecule has 1 aromatic heterocycles. The molecule has 6 heteroatoms. The molecule has 2 N–H and O–H groups in total. The standard InChI is InChI=1S/C14H24N4OS/c1-14(2,3)12-11(20-17-16-12)13(19)18(4)10-7-5-6-9(10)8-15/h9-10H,5-8,15H2,1-4H3. The van der Waals surface area contributed by atoms with Gasteiger partial charge in [-0.05, 0) is 36.8 Å². The number of aromatic nitrogens is 2. The van der Waals surface area contributed by atoms with Gasteiger partial charge in [0.15, 0.2) is 0 Å². The number of nitrogens with two attached hydrogens (primary N) is 1. The normalized spacial score (nSPS) is 23.1. The Hall–Kier alpha value is -1.01. The van der Waals surface area contributed by atoms with E-state index >= 15 is 0 Å². The molecule has 0 spiro atoms. The largest absolute Gasteiger partial charge is 0.338 e. The molecule has 2 rings (SSSR count). The predicted octanol–water partition coefficient (Wildman–Crippen LogP) is 2.04. The average molecular weight is 296 g/mol. The molecule has 1 saturated carbocycles. The predicted molar refractivity (Wildman–Crippen MR) is 80.9 cm³/mol. The number of rotatable bonds is 3. The van der Waals surface area contributed by atoms with Gasteiger partial charge < -0.3 is 10.6 Å². The van der Waals surface area contributed by atoms with Gasteiger partial charge in [-0.3, -0.25) is 4.79 Å². The van der Waals surface area contributed by atoms with Crippen molar-refractivity contribution in [3.63, 3.8) is 0 Å². The summed E-state index contributed by atoms with van der Waals surface area (Å²) in [5.41, 5.74) is 6.45. The Labute approximate surface area is 124 Å². The van der Waals surface area contributed by atoms with Crippen LogP contribution in [0, 0.1) is 5.92 Å². The molecule has 0 aromatic carbocycles. The van der Waals surface area contributed by atoms with Gasteiger partial charge >= 0.3 is 0 Å². The first-order chi connectivity index (χ1) is 9.36. The van der Waals surface area contributed by atoms with E-state index in [2.05, 4.69) is 30.4 Å². The van der Waals surface area contributed by atoms with Crippen molar-refractivity contribution >= 4 is 17.4 Å². The minimum atomic E-state index is -0.165. The molecule has 1 aliphatic rings. The third-order valence-corrected chi connectivity index (χ3v) is 4.85. The Kier molecular flexibility index (Phi) is 4.44. The van der Waals surface area contributed by atoms with E-state index in [0.29, 0.717) is 17.3 Å². The number of amides is 1. The van der Waals surface area contributed by atoms with Crippen LogP contribution in [0.4, 0.5) is 0 Å². The molecule has 0 bridgehead atoms. The minimum absolute atomic E-state index is 0.0373. The second-order valence-electron chi connectivity index (χ2n) is 6.61. The van der Waals surface area contributed by atoms with E-state index in [1.54, 1.807) is 0 Å². The van der Waals surface area contributed by atoms with E-state index in [-0.39, 0.29) is 17.4 Å². The van der Waals surface area contributed by atoms with Gasteiger partial charge in [-0.15, -0.1) is 5.10 Å². The summed E-state index contributed by atoms with van der Waals surface area (Å²) in [6, 6.07) is 0.252. The molecule has 1 fully saturated rings. The highest BCUT2D eigenvalue weighted by Gasteiger charge is 2.35. The summed E-state index contributed by atoms with van der Waals surface area (Å²) in [5.74, 6) is 0.457. The van der Waals surface area contributed by atoms with Gasteiger partial charge in [-0.2, -0.15) is 0 Å². The van der Waals surface area contributed by atoms with Gasteiger partial charge in [0.05, 0.1) is 5.69 Å². The molecular weight excluding hydrogens is 272 g/mol. The van der Waals surface area contributed by atoms with Crippen LogP contribution in [0.5, 0.6) is 0 Å². The van der Waals surface area contributed by atoms with Crippen molar-refractivity contribution in [3.05, 3.63) is 10.6 Å². The topological polar surface area (TPSA) is 72.1 Å². The average Bonchev–Trinajstić information content (AvgIpc) is 3.04. The highest BCUT2D eigenvalue weighted by Crippen LogP contribution is 2.32. The molecule has 1 aromatic rings. The van der Waals surface area contributed by atoms with E-state index < -0.39 is 0 Å². The van der Waals surface area contributed by atoms with Crippen LogP contribution in [0.3, 0.4) is 0 Å². The van der Waals surface area contributed by atoms with E-state index in [4.69, 9.17) is 5.73 Å². The minimum Gasteiger partial charge on any atom is -0.338 e. The molecule has 1 amide bonds. The zero-order valence-corrected chi connectivity index (χ0v) is 13.5. The second kappa shape index (κ2) is 5.77. The van der Waals surface area contributed by atoms with Gasteiger partial charge in [-0.1, -0.05) is 31.7 Å². The molecule has 2 atom stereocenters. The number of hydrogen-bond acceptors (Lipinski definition) is 5. The summed E-state index contributed by atoms with van der Waals surface area (Å²) in [6.07, 6.45) is 3.31. The molecule has 0 radical (unpaired) electrons. The van der Waals surface area contributed by atoms with Crippen LogP contribution in [0.25, 0.3) is 0 Å². The zero-order chi connectivity index (χ0) is 14.9. The fraction of sp³-hybridized carbons (Fsp3) is 0.786. The van der Waals surface area contributed by atoms with Gasteiger partial charge in [0.1, 0.15) is 4.88 Å². The monoisotopic (exact) mass is 296 g/mol. The lowest BCUT2D eigenvalue weighted by atomic mass is 9.91. The maximum atomic E-state index is 12.7. The third kappa shape index (κ3) is 2.86. The molecule has 5 nitrogen and oxygen atoms in total. The molecule has 2 unspecified atom stereocenters. The Bertz CT molecular complexity index is 480. The Morgan fingerprint density at radius 3 is 2.75 bits per heavy atom. The molecule has 0 saturated heterocycles. The summed E-state index contributed by atoms with van der Waals surface area (Å²) in [7, 11) is 1.88. The van der Waals surface area contributed by atoms with E-state index in [1.807, 2.05) is 11.9 Å². The molecule has 20 heavy (non-hydrogen) atoms. The van der Waals surface area contributed by atoms with Crippen LogP contribution in [0.2, 0.25) is 0 Å². The first-order valence-electron chi connectivity index (χ1n) is 7.16. The van der Waals surface area contributed by atoms with E-state index in [9.17, 15) is 4.79 Å². The Morgan fingerprint density at radius 2 is 2.15 bits per heavy atom. The molecule has 112 valence electrons. The van der Waals surface area contributed by atoms with Gasteiger partial charge in [-0.25, -0.2) is 0 Å². The molecular formula is C14H24N4OS. The highest BCUT2D eigenvalue weighted by atomic mass is 32.1. The summed E-state index contributed by atoms with van der Waals surface area (Å²) >= 11 is 1.20. The first-order valence-corrected chi connectivity index (χ1v) is 7.93. The fourth-order valence-electron chi connectivity index (χ4n) is 2.93. The summed E-state index contributed by atoms with van der Waals surface area (Å²) in [5, 5.41) is 4.15. The lowest BCUT2D eigenvalue weighted by molar-refractivity contribution is 0.0702. The SMILES string of the molecule is CN(C(=O)c1snnc1C(C)(C)C)C1CCCC1CN. The van der Waals surface area contributed by atoms with Crippen molar-refractivity contribution in [2.45, 2.75) is 51.5 Å². The van der Waals surface area contributed by atoms with E-state index in [1.165, 1.54) is 11.5 Å². The van der Waals surface area contributed by atoms with Crippen molar-refractivity contribution in [2.24, 2.45) is 11.7 Å². The van der Waals surface area contributed by atoms with Crippen molar-refractivity contribution in [3.8, 4) is 0 Å². The van der Waals surface area contributed by atoms with Crippen LogP contribution >= 0.6 is 11.5 Å². The van der Waals surface area contributed by atoms with Crippen molar-refractivity contribution in [1.82, 2.24) is 14.5 Å². The van der Waals surface area contributed by atoms with Gasteiger partial charge in [0.2, 0.25) is 0 Å². The van der Waals surface area contributed by atoms with Crippen molar-refractivity contribution in [1.29, 1.82) is 0 Å². The van der Waals surface area contributed by atoms with Crippen LogP contribution in [0.1, 0.15) is 55.4 Å². The smallest absolute Gasteiger partial charge is 0.267 e. The van der Waals surface area contributed by atoms with E-state index in [0.717, 1.165) is 25.0 Å². The summed E-state index contributed by atoms with van der Waals surface area (Å²) < 4.78 is 3.98. The molecule has 1 aliphatic carbocycles. The number of carbonyl (C=O) groups is 1. The molecule has 1 heterocycles. The maximum absolute atomic E-state index is 12.7. The summed E-state index contributed by atoms with van der Waals surface area (Å²) in [4.78, 5) is 15.3. The maximum Gasteiger partial charge on any atom is 0.267 e. The first kappa shape index (κ1) is 15.4. The van der Waals surface area contributed by atoms with Crippen LogP contribution in [-0.4, -0.2) is 40.0 Å². The van der Waals surface area contributed by atoms with Gasteiger partial charge in [0.25, 0.3) is 5.91 Å². The Balaban J connectivity index is 2.21. The van der Waals surface area contributed by atoms with Crippen molar-refractivity contribution in [2.75, 3.05) is 13.6 Å². The molecule has 0 aliphatic heterocycles. The van der Waals surface area contributed by atoms with Crippen LogP contribution in [0.15, 0.2) is 0 Å². The number of carbonyl (C=O) groups excluding carboxylic acids is 1.